The molecule has 2 aromatic rings. The summed E-state index contributed by atoms with van der Waals surface area (Å²) >= 11 is 1.41. The van der Waals surface area contributed by atoms with Crippen molar-refractivity contribution in [2.24, 2.45) is 0 Å². The Morgan fingerprint density at radius 3 is 2.62 bits per heavy atom. The summed E-state index contributed by atoms with van der Waals surface area (Å²) in [7, 11) is 0. The van der Waals surface area contributed by atoms with E-state index < -0.39 is 12.1 Å². The fraction of sp³-hybridized carbons (Fsp3) is 0.286. The smallest absolute Gasteiger partial charge is 0.339 e. The lowest BCUT2D eigenvalue weighted by Crippen LogP contribution is -2.44. The molecule has 0 unspecified atom stereocenters. The molecule has 0 spiro atoms. The van der Waals surface area contributed by atoms with Crippen LogP contribution in [0.25, 0.3) is 0 Å². The molecule has 2 amide bonds. The van der Waals surface area contributed by atoms with Crippen molar-refractivity contribution in [2.75, 3.05) is 37.4 Å². The zero-order chi connectivity index (χ0) is 20.2. The highest BCUT2D eigenvalue weighted by Gasteiger charge is 2.31. The van der Waals surface area contributed by atoms with Crippen LogP contribution in [0.1, 0.15) is 22.0 Å². The van der Waals surface area contributed by atoms with Gasteiger partial charge in [-0.05, 0) is 18.2 Å². The molecule has 1 fully saturated rings. The molecule has 2 heterocycles. The minimum absolute atomic E-state index is 0.113. The van der Waals surface area contributed by atoms with Gasteiger partial charge in [-0.15, -0.1) is 11.8 Å². The molecule has 29 heavy (non-hydrogen) atoms. The Hall–Kier alpha value is -2.84. The number of carbonyl (C=O) groups excluding carboxylic acids is 3. The lowest BCUT2D eigenvalue weighted by atomic mass is 10.1. The quantitative estimate of drug-likeness (QED) is 0.777. The zero-order valence-corrected chi connectivity index (χ0v) is 16.4. The highest BCUT2D eigenvalue weighted by atomic mass is 32.2. The van der Waals surface area contributed by atoms with Gasteiger partial charge in [-0.2, -0.15) is 0 Å². The van der Waals surface area contributed by atoms with Crippen LogP contribution in [0.3, 0.4) is 0 Å². The summed E-state index contributed by atoms with van der Waals surface area (Å²) in [6.07, 6.45) is -1.04. The van der Waals surface area contributed by atoms with E-state index in [1.165, 1.54) is 11.8 Å². The van der Waals surface area contributed by atoms with Gasteiger partial charge in [-0.25, -0.2) is 4.79 Å². The van der Waals surface area contributed by atoms with E-state index in [-0.39, 0.29) is 17.4 Å². The normalized spacial score (nSPS) is 17.1. The first-order chi connectivity index (χ1) is 14.1. The van der Waals surface area contributed by atoms with Gasteiger partial charge in [0.15, 0.2) is 0 Å². The number of esters is 1. The molecule has 0 aromatic heterocycles. The molecule has 1 N–H and O–H groups in total. The lowest BCUT2D eigenvalue weighted by Gasteiger charge is -2.30. The van der Waals surface area contributed by atoms with Crippen molar-refractivity contribution in [3.63, 3.8) is 0 Å². The second kappa shape index (κ2) is 8.67. The van der Waals surface area contributed by atoms with Gasteiger partial charge in [-0.1, -0.05) is 30.3 Å². The summed E-state index contributed by atoms with van der Waals surface area (Å²) in [6.45, 7) is 1.84. The number of carbonyl (C=O) groups is 3. The van der Waals surface area contributed by atoms with Gasteiger partial charge in [0.05, 0.1) is 30.2 Å². The van der Waals surface area contributed by atoms with Gasteiger partial charge in [0, 0.05) is 23.5 Å². The summed E-state index contributed by atoms with van der Waals surface area (Å²) in [5.41, 5.74) is 1.47. The molecule has 8 heteroatoms. The van der Waals surface area contributed by atoms with Crippen LogP contribution in [-0.4, -0.2) is 54.7 Å². The number of benzene rings is 2. The Morgan fingerprint density at radius 1 is 1.10 bits per heavy atom. The number of nitrogens with one attached hydrogen (secondary N) is 1. The van der Waals surface area contributed by atoms with Gasteiger partial charge in [0.1, 0.15) is 0 Å². The summed E-state index contributed by atoms with van der Waals surface area (Å²) in [5.74, 6) is -0.651. The van der Waals surface area contributed by atoms with Crippen LogP contribution in [0.5, 0.6) is 0 Å². The number of anilines is 1. The Balaban J connectivity index is 1.57. The highest BCUT2D eigenvalue weighted by Crippen LogP contribution is 2.32. The van der Waals surface area contributed by atoms with E-state index in [2.05, 4.69) is 5.32 Å². The lowest BCUT2D eigenvalue weighted by molar-refractivity contribution is -0.145. The zero-order valence-electron chi connectivity index (χ0n) is 15.6. The third kappa shape index (κ3) is 4.44. The summed E-state index contributed by atoms with van der Waals surface area (Å²) in [6, 6.07) is 14.0. The fourth-order valence-electron chi connectivity index (χ4n) is 3.22. The van der Waals surface area contributed by atoms with Gasteiger partial charge in [0.2, 0.25) is 12.0 Å². The number of amides is 2. The molecule has 7 nitrogen and oxygen atoms in total. The predicted octanol–water partition coefficient (Wildman–Crippen LogP) is 2.49. The molecule has 2 aliphatic heterocycles. The predicted molar refractivity (Wildman–Crippen MR) is 108 cm³/mol. The minimum atomic E-state index is -1.04. The molecule has 0 radical (unpaired) electrons. The summed E-state index contributed by atoms with van der Waals surface area (Å²) in [4.78, 5) is 40.1. The van der Waals surface area contributed by atoms with Crippen LogP contribution in [-0.2, 0) is 19.1 Å². The van der Waals surface area contributed by atoms with Crippen LogP contribution in [0.4, 0.5) is 5.69 Å². The molecule has 1 atom stereocenters. The average Bonchev–Trinajstić information content (AvgIpc) is 2.77. The number of hydrogen-bond acceptors (Lipinski definition) is 6. The molecule has 2 aliphatic rings. The number of ether oxygens (including phenoxy) is 2. The summed E-state index contributed by atoms with van der Waals surface area (Å²) in [5, 5.41) is 2.76. The topological polar surface area (TPSA) is 84.9 Å². The Morgan fingerprint density at radius 2 is 1.86 bits per heavy atom. The van der Waals surface area contributed by atoms with E-state index >= 15 is 0 Å². The van der Waals surface area contributed by atoms with Crippen molar-refractivity contribution in [1.82, 2.24) is 4.90 Å². The number of thioether (sulfide) groups is 1. The van der Waals surface area contributed by atoms with Crippen molar-refractivity contribution in [3.8, 4) is 0 Å². The molecule has 1 saturated heterocycles. The first kappa shape index (κ1) is 19.5. The Bertz CT molecular complexity index is 928. The number of morpholine rings is 1. The van der Waals surface area contributed by atoms with Crippen LogP contribution in [0.15, 0.2) is 53.4 Å². The summed E-state index contributed by atoms with van der Waals surface area (Å²) < 4.78 is 11.0. The van der Waals surface area contributed by atoms with Crippen LogP contribution in [0, 0.1) is 0 Å². The number of nitrogens with zero attached hydrogens (tertiary/aromatic N) is 1. The van der Waals surface area contributed by atoms with E-state index in [1.54, 1.807) is 47.4 Å². The van der Waals surface area contributed by atoms with E-state index in [4.69, 9.17) is 9.47 Å². The van der Waals surface area contributed by atoms with E-state index in [9.17, 15) is 14.4 Å². The van der Waals surface area contributed by atoms with E-state index in [1.807, 2.05) is 6.07 Å². The standard InChI is InChI=1S/C21H20N2O5S/c24-18-13-29-17-7-6-15(12-16(17)22-18)21(26)28-19(14-4-2-1-3-5-14)20(25)23-8-10-27-11-9-23/h1-7,12,19H,8-11,13H2,(H,22,24)/t19-/m1/s1. The number of fused-ring (bicyclic) bond motifs is 1. The van der Waals surface area contributed by atoms with Gasteiger partial charge >= 0.3 is 5.97 Å². The number of hydrogen-bond donors (Lipinski definition) is 1. The molecule has 0 aliphatic carbocycles. The molecule has 4 rings (SSSR count). The molecule has 0 bridgehead atoms. The van der Waals surface area contributed by atoms with Crippen LogP contribution < -0.4 is 5.32 Å². The molecule has 0 saturated carbocycles. The van der Waals surface area contributed by atoms with Crippen molar-refractivity contribution in [2.45, 2.75) is 11.0 Å². The largest absolute Gasteiger partial charge is 0.444 e. The van der Waals surface area contributed by atoms with Gasteiger partial charge in [0.25, 0.3) is 5.91 Å². The maximum Gasteiger partial charge on any atom is 0.339 e. The number of rotatable bonds is 4. The second-order valence-electron chi connectivity index (χ2n) is 6.68. The minimum Gasteiger partial charge on any atom is -0.444 e. The first-order valence-corrected chi connectivity index (χ1v) is 10.3. The third-order valence-electron chi connectivity index (χ3n) is 4.72. The van der Waals surface area contributed by atoms with E-state index in [0.717, 1.165) is 4.90 Å². The van der Waals surface area contributed by atoms with Crippen LogP contribution in [0.2, 0.25) is 0 Å². The van der Waals surface area contributed by atoms with Gasteiger partial charge < -0.3 is 19.7 Å². The third-order valence-corrected chi connectivity index (χ3v) is 5.80. The average molecular weight is 412 g/mol. The fourth-order valence-corrected chi connectivity index (χ4v) is 4.01. The molecular weight excluding hydrogens is 392 g/mol. The van der Waals surface area contributed by atoms with Gasteiger partial charge in [-0.3, -0.25) is 9.59 Å². The SMILES string of the molecule is O=C1CSc2ccc(C(=O)O[C@@H](C(=O)N3CCOCC3)c3ccccc3)cc2N1. The maximum atomic E-state index is 13.1. The van der Waals surface area contributed by atoms with Crippen molar-refractivity contribution >= 4 is 35.2 Å². The molecule has 150 valence electrons. The molecular formula is C21H20N2O5S. The first-order valence-electron chi connectivity index (χ1n) is 9.31. The highest BCUT2D eigenvalue weighted by molar-refractivity contribution is 8.00. The van der Waals surface area contributed by atoms with E-state index in [0.29, 0.717) is 43.3 Å². The Kier molecular flexibility index (Phi) is 5.82. The van der Waals surface area contributed by atoms with Crippen molar-refractivity contribution in [3.05, 3.63) is 59.7 Å². The van der Waals surface area contributed by atoms with Crippen molar-refractivity contribution < 1.29 is 23.9 Å². The second-order valence-corrected chi connectivity index (χ2v) is 7.70. The molecule has 2 aromatic carbocycles. The van der Waals surface area contributed by atoms with Crippen LogP contribution >= 0.6 is 11.8 Å². The monoisotopic (exact) mass is 412 g/mol. The van der Waals surface area contributed by atoms with Crippen molar-refractivity contribution in [1.29, 1.82) is 0 Å². The Labute approximate surface area is 172 Å². The maximum absolute atomic E-state index is 13.1.